The van der Waals surface area contributed by atoms with Crippen molar-refractivity contribution in [1.29, 1.82) is 0 Å². The van der Waals surface area contributed by atoms with Crippen molar-refractivity contribution in [2.24, 2.45) is 4.99 Å². The number of benzene rings is 1. The first-order valence-electron chi connectivity index (χ1n) is 7.60. The van der Waals surface area contributed by atoms with Crippen molar-refractivity contribution < 1.29 is 18.7 Å². The van der Waals surface area contributed by atoms with Gasteiger partial charge < -0.3 is 4.74 Å². The molecule has 0 aliphatic carbocycles. The lowest BCUT2D eigenvalue weighted by Gasteiger charge is -2.32. The Labute approximate surface area is 143 Å². The Hall–Kier alpha value is -2.15. The van der Waals surface area contributed by atoms with Crippen molar-refractivity contribution in [2.45, 2.75) is 31.6 Å². The number of aliphatic imine (C=N–C) groups is 1. The van der Waals surface area contributed by atoms with E-state index in [1.807, 2.05) is 6.92 Å². The SMILES string of the molecule is CCC1SC2=NC(C)=C(C(=O)OC)C(c3cccc(F)c3)N2C1=O. The minimum Gasteiger partial charge on any atom is -0.466 e. The highest BCUT2D eigenvalue weighted by atomic mass is 32.2. The number of allylic oxidation sites excluding steroid dienone is 1. The van der Waals surface area contributed by atoms with E-state index in [1.165, 1.54) is 35.9 Å². The molecule has 1 amide bonds. The summed E-state index contributed by atoms with van der Waals surface area (Å²) in [7, 11) is 1.28. The van der Waals surface area contributed by atoms with E-state index in [0.717, 1.165) is 0 Å². The van der Waals surface area contributed by atoms with Gasteiger partial charge in [-0.1, -0.05) is 30.8 Å². The second-order valence-electron chi connectivity index (χ2n) is 5.57. The number of amides is 1. The zero-order valence-electron chi connectivity index (χ0n) is 13.6. The summed E-state index contributed by atoms with van der Waals surface area (Å²) in [5.41, 5.74) is 1.27. The summed E-state index contributed by atoms with van der Waals surface area (Å²) in [4.78, 5) is 31.0. The number of esters is 1. The third-order valence-electron chi connectivity index (χ3n) is 4.09. The van der Waals surface area contributed by atoms with Crippen LogP contribution in [0.2, 0.25) is 0 Å². The number of nitrogens with zero attached hydrogens (tertiary/aromatic N) is 2. The van der Waals surface area contributed by atoms with Crippen LogP contribution in [0.15, 0.2) is 40.5 Å². The molecule has 5 nitrogen and oxygen atoms in total. The van der Waals surface area contributed by atoms with E-state index in [9.17, 15) is 14.0 Å². The van der Waals surface area contributed by atoms with Gasteiger partial charge in [-0.15, -0.1) is 0 Å². The third-order valence-corrected chi connectivity index (χ3v) is 5.41. The fourth-order valence-electron chi connectivity index (χ4n) is 2.95. The van der Waals surface area contributed by atoms with Crippen LogP contribution in [0, 0.1) is 5.82 Å². The lowest BCUT2D eigenvalue weighted by molar-refractivity contribution is -0.137. The molecule has 0 saturated carbocycles. The third kappa shape index (κ3) is 2.62. The number of hydrogen-bond donors (Lipinski definition) is 0. The van der Waals surface area contributed by atoms with Gasteiger partial charge in [0.15, 0.2) is 5.17 Å². The summed E-state index contributed by atoms with van der Waals surface area (Å²) >= 11 is 1.38. The summed E-state index contributed by atoms with van der Waals surface area (Å²) in [6, 6.07) is 5.19. The number of methoxy groups -OCH3 is 1. The van der Waals surface area contributed by atoms with Crippen LogP contribution in [-0.2, 0) is 14.3 Å². The molecule has 2 unspecified atom stereocenters. The van der Waals surface area contributed by atoms with Crippen molar-refractivity contribution in [3.05, 3.63) is 46.9 Å². The second kappa shape index (κ2) is 6.39. The number of carbonyl (C=O) groups is 2. The Bertz CT molecular complexity index is 775. The molecule has 0 bridgehead atoms. The number of thioether (sulfide) groups is 1. The first-order chi connectivity index (χ1) is 11.5. The molecular formula is C17H17FN2O3S. The van der Waals surface area contributed by atoms with Crippen molar-refractivity contribution in [3.8, 4) is 0 Å². The molecule has 0 N–H and O–H groups in total. The summed E-state index contributed by atoms with van der Waals surface area (Å²) in [5, 5.41) is 0.302. The summed E-state index contributed by atoms with van der Waals surface area (Å²) in [5.74, 6) is -1.11. The van der Waals surface area contributed by atoms with Crippen LogP contribution in [-0.4, -0.2) is 34.3 Å². The molecule has 1 aromatic rings. The smallest absolute Gasteiger partial charge is 0.338 e. The van der Waals surface area contributed by atoms with E-state index in [2.05, 4.69) is 4.99 Å². The molecule has 3 rings (SSSR count). The predicted octanol–water partition coefficient (Wildman–Crippen LogP) is 3.04. The van der Waals surface area contributed by atoms with Gasteiger partial charge in [0.05, 0.1) is 29.7 Å². The van der Waals surface area contributed by atoms with E-state index in [-0.39, 0.29) is 16.7 Å². The molecule has 2 aliphatic heterocycles. The van der Waals surface area contributed by atoms with Gasteiger partial charge in [0.2, 0.25) is 5.91 Å². The molecule has 2 heterocycles. The molecule has 0 radical (unpaired) electrons. The van der Waals surface area contributed by atoms with Crippen LogP contribution in [0.1, 0.15) is 31.9 Å². The minimum absolute atomic E-state index is 0.121. The van der Waals surface area contributed by atoms with Crippen LogP contribution in [0.5, 0.6) is 0 Å². The Morgan fingerprint density at radius 2 is 2.21 bits per heavy atom. The molecular weight excluding hydrogens is 331 g/mol. The van der Waals surface area contributed by atoms with Gasteiger partial charge in [-0.05, 0) is 31.0 Å². The maximum Gasteiger partial charge on any atom is 0.338 e. The Morgan fingerprint density at radius 3 is 2.83 bits per heavy atom. The Balaban J connectivity index is 2.17. The van der Waals surface area contributed by atoms with Crippen molar-refractivity contribution in [3.63, 3.8) is 0 Å². The number of carbonyl (C=O) groups excluding carboxylic acids is 2. The first-order valence-corrected chi connectivity index (χ1v) is 8.48. The topological polar surface area (TPSA) is 59.0 Å². The van der Waals surface area contributed by atoms with Crippen LogP contribution < -0.4 is 0 Å². The molecule has 1 fully saturated rings. The highest BCUT2D eigenvalue weighted by molar-refractivity contribution is 8.15. The molecule has 2 atom stereocenters. The van der Waals surface area contributed by atoms with Gasteiger partial charge >= 0.3 is 5.97 Å². The van der Waals surface area contributed by atoms with Gasteiger partial charge in [-0.2, -0.15) is 0 Å². The van der Waals surface area contributed by atoms with Gasteiger partial charge in [0.1, 0.15) is 5.82 Å². The minimum atomic E-state index is -0.725. The quantitative estimate of drug-likeness (QED) is 0.788. The summed E-state index contributed by atoms with van der Waals surface area (Å²) in [6.07, 6.45) is 0.654. The Morgan fingerprint density at radius 1 is 1.46 bits per heavy atom. The van der Waals surface area contributed by atoms with Crippen molar-refractivity contribution in [2.75, 3.05) is 7.11 Å². The van der Waals surface area contributed by atoms with Crippen molar-refractivity contribution in [1.82, 2.24) is 4.90 Å². The van der Waals surface area contributed by atoms with E-state index in [1.54, 1.807) is 19.1 Å². The standard InChI is InChI=1S/C17H17FN2O3S/c1-4-12-15(21)20-14(10-6-5-7-11(18)8-10)13(16(22)23-3)9(2)19-17(20)24-12/h5-8,12,14H,4H2,1-3H3. The van der Waals surface area contributed by atoms with Gasteiger partial charge in [0, 0.05) is 0 Å². The molecule has 0 aromatic heterocycles. The largest absolute Gasteiger partial charge is 0.466 e. The maximum absolute atomic E-state index is 13.7. The van der Waals surface area contributed by atoms with E-state index in [4.69, 9.17) is 4.74 Å². The van der Waals surface area contributed by atoms with Gasteiger partial charge in [-0.3, -0.25) is 9.69 Å². The molecule has 1 aromatic carbocycles. The molecule has 1 saturated heterocycles. The lowest BCUT2D eigenvalue weighted by Crippen LogP contribution is -2.40. The van der Waals surface area contributed by atoms with Crippen molar-refractivity contribution >= 4 is 28.8 Å². The Kier molecular flexibility index (Phi) is 4.45. The average molecular weight is 348 g/mol. The molecule has 7 heteroatoms. The monoisotopic (exact) mass is 348 g/mol. The van der Waals surface area contributed by atoms with E-state index < -0.39 is 17.8 Å². The number of rotatable bonds is 3. The number of fused-ring (bicyclic) bond motifs is 1. The van der Waals surface area contributed by atoms with E-state index in [0.29, 0.717) is 22.8 Å². The first kappa shape index (κ1) is 16.7. The summed E-state index contributed by atoms with van der Waals surface area (Å²) < 4.78 is 18.6. The molecule has 0 spiro atoms. The normalized spacial score (nSPS) is 23.2. The fourth-order valence-corrected chi connectivity index (χ4v) is 4.09. The molecule has 24 heavy (non-hydrogen) atoms. The van der Waals surface area contributed by atoms with E-state index >= 15 is 0 Å². The van der Waals surface area contributed by atoms with Crippen LogP contribution in [0.25, 0.3) is 0 Å². The number of halogens is 1. The lowest BCUT2D eigenvalue weighted by atomic mass is 9.94. The number of hydrogen-bond acceptors (Lipinski definition) is 5. The highest BCUT2D eigenvalue weighted by Crippen LogP contribution is 2.43. The van der Waals surface area contributed by atoms with Gasteiger partial charge in [-0.25, -0.2) is 14.2 Å². The number of amidine groups is 1. The highest BCUT2D eigenvalue weighted by Gasteiger charge is 2.47. The predicted molar refractivity (Wildman–Crippen MR) is 89.8 cm³/mol. The number of ether oxygens (including phenoxy) is 1. The maximum atomic E-state index is 13.7. The van der Waals surface area contributed by atoms with Crippen LogP contribution in [0.4, 0.5) is 4.39 Å². The fraction of sp³-hybridized carbons (Fsp3) is 0.353. The average Bonchev–Trinajstić information content (AvgIpc) is 2.88. The molecule has 2 aliphatic rings. The van der Waals surface area contributed by atoms with Crippen LogP contribution in [0.3, 0.4) is 0 Å². The zero-order chi connectivity index (χ0) is 17.4. The second-order valence-corrected chi connectivity index (χ2v) is 6.74. The van der Waals surface area contributed by atoms with Crippen LogP contribution >= 0.6 is 11.8 Å². The van der Waals surface area contributed by atoms with Gasteiger partial charge in [0.25, 0.3) is 0 Å². The summed E-state index contributed by atoms with van der Waals surface area (Å²) in [6.45, 7) is 3.63. The zero-order valence-corrected chi connectivity index (χ0v) is 14.4. The molecule has 126 valence electrons.